The van der Waals surface area contributed by atoms with Gasteiger partial charge in [0.1, 0.15) is 5.65 Å². The Hall–Kier alpha value is -2.75. The third kappa shape index (κ3) is 4.15. The van der Waals surface area contributed by atoms with E-state index in [0.717, 1.165) is 37.5 Å². The number of hydrogen-bond acceptors (Lipinski definition) is 6. The van der Waals surface area contributed by atoms with Crippen LogP contribution in [0.25, 0.3) is 5.65 Å². The Bertz CT molecular complexity index is 1210. The van der Waals surface area contributed by atoms with E-state index in [-0.39, 0.29) is 11.2 Å². The number of carbonyl (C=O) groups excluding carboxylic acids is 1. The van der Waals surface area contributed by atoms with Crippen molar-refractivity contribution in [3.8, 4) is 0 Å². The summed E-state index contributed by atoms with van der Waals surface area (Å²) in [5.41, 5.74) is 2.16. The van der Waals surface area contributed by atoms with Gasteiger partial charge in [-0.25, -0.2) is 13.4 Å². The van der Waals surface area contributed by atoms with E-state index in [1.54, 1.807) is 59.4 Å². The Labute approximate surface area is 187 Å². The highest BCUT2D eigenvalue weighted by molar-refractivity contribution is 7.92. The molecule has 2 aliphatic rings. The summed E-state index contributed by atoms with van der Waals surface area (Å²) in [7, 11) is -3.36. The van der Waals surface area contributed by atoms with Gasteiger partial charge in [0, 0.05) is 25.1 Å². The number of rotatable bonds is 6. The molecule has 2 saturated heterocycles. The average molecular weight is 455 g/mol. The summed E-state index contributed by atoms with van der Waals surface area (Å²) >= 11 is 0. The Morgan fingerprint density at radius 2 is 1.84 bits per heavy atom. The van der Waals surface area contributed by atoms with E-state index in [2.05, 4.69) is 15.2 Å². The van der Waals surface area contributed by atoms with Gasteiger partial charge in [0.05, 0.1) is 35.0 Å². The van der Waals surface area contributed by atoms with Crippen LogP contribution in [0, 0.1) is 0 Å². The first-order valence-corrected chi connectivity index (χ1v) is 12.4. The van der Waals surface area contributed by atoms with Crippen molar-refractivity contribution >= 4 is 21.4 Å². The topological polar surface area (TPSA) is 93.0 Å². The largest absolute Gasteiger partial charge is 0.378 e. The first-order chi connectivity index (χ1) is 15.5. The molecule has 32 heavy (non-hydrogen) atoms. The summed E-state index contributed by atoms with van der Waals surface area (Å²) in [6.07, 6.45) is 6.50. The van der Waals surface area contributed by atoms with Crippen molar-refractivity contribution in [2.75, 3.05) is 26.3 Å². The van der Waals surface area contributed by atoms with Crippen LogP contribution >= 0.6 is 0 Å². The van der Waals surface area contributed by atoms with Gasteiger partial charge < -0.3 is 14.5 Å². The van der Waals surface area contributed by atoms with E-state index in [4.69, 9.17) is 4.74 Å². The number of amides is 1. The predicted octanol–water partition coefficient (Wildman–Crippen LogP) is 1.90. The molecule has 0 unspecified atom stereocenters. The van der Waals surface area contributed by atoms with Gasteiger partial charge in [-0.2, -0.15) is 0 Å². The van der Waals surface area contributed by atoms with E-state index in [1.165, 1.54) is 0 Å². The lowest BCUT2D eigenvalue weighted by Gasteiger charge is -2.41. The third-order valence-electron chi connectivity index (χ3n) is 6.41. The normalized spacial score (nSPS) is 18.5. The second-order valence-electron chi connectivity index (χ2n) is 8.41. The van der Waals surface area contributed by atoms with Crippen LogP contribution in [-0.2, 0) is 21.1 Å². The van der Waals surface area contributed by atoms with Crippen LogP contribution < -0.4 is 5.32 Å². The number of aromatic nitrogens is 2. The number of imidazole rings is 1. The zero-order chi connectivity index (χ0) is 22.1. The lowest BCUT2D eigenvalue weighted by atomic mass is 10.1. The first kappa shape index (κ1) is 21.1. The van der Waals surface area contributed by atoms with Crippen LogP contribution in [0.1, 0.15) is 28.8 Å². The molecule has 8 nitrogen and oxygen atoms in total. The summed E-state index contributed by atoms with van der Waals surface area (Å²) in [5.74, 6) is -0.194. The summed E-state index contributed by atoms with van der Waals surface area (Å²) < 4.78 is 33.2. The number of sulfone groups is 1. The smallest absolute Gasteiger partial charge is 0.253 e. The number of pyridine rings is 1. The van der Waals surface area contributed by atoms with Gasteiger partial charge in [0.2, 0.25) is 0 Å². The molecule has 168 valence electrons. The van der Waals surface area contributed by atoms with E-state index >= 15 is 0 Å². The minimum Gasteiger partial charge on any atom is -0.378 e. The Balaban J connectivity index is 1.18. The Morgan fingerprint density at radius 3 is 2.53 bits per heavy atom. The van der Waals surface area contributed by atoms with Crippen molar-refractivity contribution < 1.29 is 17.9 Å². The lowest BCUT2D eigenvalue weighted by molar-refractivity contribution is -0.0695. The number of ether oxygens (including phenoxy) is 1. The maximum Gasteiger partial charge on any atom is 0.253 e. The molecule has 2 aliphatic heterocycles. The van der Waals surface area contributed by atoms with Gasteiger partial charge >= 0.3 is 0 Å². The highest BCUT2D eigenvalue weighted by Crippen LogP contribution is 2.27. The van der Waals surface area contributed by atoms with Crippen molar-refractivity contribution in [1.82, 2.24) is 19.6 Å². The standard InChI is InChI=1S/C23H26N4O4S/c28-23(18-3-6-22-24-9-12-27(22)14-18)25-13-17-1-4-20(5-2-17)32(29,30)21-7-10-26(11-8-21)19-15-31-16-19/h1-6,9,12,14,19,21H,7-8,10-11,13,15-16H2,(H,25,28). The molecule has 0 spiro atoms. The summed E-state index contributed by atoms with van der Waals surface area (Å²) in [6, 6.07) is 10.8. The molecule has 1 N–H and O–H groups in total. The minimum atomic E-state index is -3.36. The quantitative estimate of drug-likeness (QED) is 0.612. The fourth-order valence-corrected chi connectivity index (χ4v) is 6.05. The van der Waals surface area contributed by atoms with Crippen molar-refractivity contribution in [3.63, 3.8) is 0 Å². The highest BCUT2D eigenvalue weighted by Gasteiger charge is 2.35. The number of nitrogens with one attached hydrogen (secondary N) is 1. The summed E-state index contributed by atoms with van der Waals surface area (Å²) in [4.78, 5) is 19.3. The minimum absolute atomic E-state index is 0.194. The van der Waals surface area contributed by atoms with Crippen molar-refractivity contribution in [2.24, 2.45) is 0 Å². The van der Waals surface area contributed by atoms with Crippen LogP contribution in [0.2, 0.25) is 0 Å². The van der Waals surface area contributed by atoms with E-state index in [0.29, 0.717) is 35.9 Å². The number of nitrogens with zero attached hydrogens (tertiary/aromatic N) is 3. The van der Waals surface area contributed by atoms with E-state index in [9.17, 15) is 13.2 Å². The lowest BCUT2D eigenvalue weighted by Crippen LogP contribution is -2.53. The van der Waals surface area contributed by atoms with E-state index < -0.39 is 9.84 Å². The number of carbonyl (C=O) groups is 1. The molecule has 0 radical (unpaired) electrons. The number of benzene rings is 1. The molecule has 0 saturated carbocycles. The molecule has 4 heterocycles. The molecule has 5 rings (SSSR count). The van der Waals surface area contributed by atoms with Crippen molar-refractivity contribution in [3.05, 3.63) is 66.1 Å². The van der Waals surface area contributed by atoms with Gasteiger partial charge in [-0.15, -0.1) is 0 Å². The summed E-state index contributed by atoms with van der Waals surface area (Å²) in [5, 5.41) is 2.54. The number of fused-ring (bicyclic) bond motifs is 1. The zero-order valence-corrected chi connectivity index (χ0v) is 18.5. The number of hydrogen-bond donors (Lipinski definition) is 1. The zero-order valence-electron chi connectivity index (χ0n) is 17.7. The molecule has 0 atom stereocenters. The maximum absolute atomic E-state index is 13.1. The first-order valence-electron chi connectivity index (χ1n) is 10.9. The van der Waals surface area contributed by atoms with Gasteiger partial charge in [0.15, 0.2) is 9.84 Å². The van der Waals surface area contributed by atoms with Crippen LogP contribution in [0.5, 0.6) is 0 Å². The number of likely N-dealkylation sites (tertiary alicyclic amines) is 1. The molecule has 1 aromatic carbocycles. The second-order valence-corrected chi connectivity index (χ2v) is 10.6. The van der Waals surface area contributed by atoms with Crippen molar-refractivity contribution in [2.45, 2.75) is 35.6 Å². The summed E-state index contributed by atoms with van der Waals surface area (Å²) in [6.45, 7) is 3.43. The van der Waals surface area contributed by atoms with Gasteiger partial charge in [0.25, 0.3) is 5.91 Å². The molecule has 3 aromatic rings. The molecular formula is C23H26N4O4S. The van der Waals surface area contributed by atoms with Crippen LogP contribution in [0.3, 0.4) is 0 Å². The van der Waals surface area contributed by atoms with Gasteiger partial charge in [-0.3, -0.25) is 9.69 Å². The Morgan fingerprint density at radius 1 is 1.09 bits per heavy atom. The van der Waals surface area contributed by atoms with E-state index in [1.807, 2.05) is 0 Å². The molecule has 1 amide bonds. The molecule has 0 bridgehead atoms. The fourth-order valence-electron chi connectivity index (χ4n) is 4.31. The highest BCUT2D eigenvalue weighted by atomic mass is 32.2. The predicted molar refractivity (Wildman–Crippen MR) is 119 cm³/mol. The van der Waals surface area contributed by atoms with Crippen LogP contribution in [-0.4, -0.2) is 66.2 Å². The maximum atomic E-state index is 13.1. The SMILES string of the molecule is O=C(NCc1ccc(S(=O)(=O)C2CCN(C3COC3)CC2)cc1)c1ccc2nccn2c1. The van der Waals surface area contributed by atoms with Crippen molar-refractivity contribution in [1.29, 1.82) is 0 Å². The van der Waals surface area contributed by atoms with Crippen LogP contribution in [0.4, 0.5) is 0 Å². The van der Waals surface area contributed by atoms with Crippen LogP contribution in [0.15, 0.2) is 59.9 Å². The van der Waals surface area contributed by atoms with Gasteiger partial charge in [-0.1, -0.05) is 12.1 Å². The Kier molecular flexibility index (Phi) is 5.71. The third-order valence-corrected chi connectivity index (χ3v) is 8.69. The average Bonchev–Trinajstić information content (AvgIpc) is 3.25. The molecule has 0 aliphatic carbocycles. The van der Waals surface area contributed by atoms with Gasteiger partial charge in [-0.05, 0) is 55.8 Å². The molecule has 2 aromatic heterocycles. The monoisotopic (exact) mass is 454 g/mol. The number of piperidine rings is 1. The molecule has 2 fully saturated rings. The fraction of sp³-hybridized carbons (Fsp3) is 0.391. The molecular weight excluding hydrogens is 428 g/mol. The molecule has 9 heteroatoms. The second kappa shape index (κ2) is 8.65.